The van der Waals surface area contributed by atoms with Gasteiger partial charge in [0.05, 0.1) is 19.8 Å². The van der Waals surface area contributed by atoms with Crippen LogP contribution in [0.3, 0.4) is 0 Å². The number of ether oxygens (including phenoxy) is 1. The van der Waals surface area contributed by atoms with Crippen LogP contribution in [0.1, 0.15) is 18.6 Å². The van der Waals surface area contributed by atoms with Crippen molar-refractivity contribution in [2.45, 2.75) is 25.6 Å². The fourth-order valence-corrected chi connectivity index (χ4v) is 2.14. The van der Waals surface area contributed by atoms with Crippen molar-refractivity contribution in [3.8, 4) is 5.75 Å². The Bertz CT molecular complexity index is 598. The molecular weight excluding hydrogens is 296 g/mol. The van der Waals surface area contributed by atoms with Crippen LogP contribution in [-0.4, -0.2) is 40.6 Å². The Morgan fingerprint density at radius 1 is 1.39 bits per heavy atom. The third kappa shape index (κ3) is 5.30. The van der Waals surface area contributed by atoms with Gasteiger partial charge in [0.25, 0.3) is 0 Å². The molecule has 0 radical (unpaired) electrons. The van der Waals surface area contributed by atoms with E-state index >= 15 is 0 Å². The minimum atomic E-state index is -0.770. The lowest BCUT2D eigenvalue weighted by molar-refractivity contribution is 0.172. The largest absolute Gasteiger partial charge is 0.497 e. The summed E-state index contributed by atoms with van der Waals surface area (Å²) in [5, 5.41) is 19.6. The van der Waals surface area contributed by atoms with E-state index in [0.29, 0.717) is 6.54 Å². The fraction of sp³-hybridized carbons (Fsp3) is 0.375. The molecule has 0 bridgehead atoms. The molecule has 2 atom stereocenters. The molecule has 1 aromatic carbocycles. The van der Waals surface area contributed by atoms with E-state index in [2.05, 4.69) is 15.7 Å². The molecule has 0 spiro atoms. The van der Waals surface area contributed by atoms with Crippen LogP contribution in [0.4, 0.5) is 4.79 Å². The van der Waals surface area contributed by atoms with Gasteiger partial charge in [-0.3, -0.25) is 4.68 Å². The van der Waals surface area contributed by atoms with Crippen molar-refractivity contribution < 1.29 is 14.6 Å². The topological polar surface area (TPSA) is 88.4 Å². The average molecular weight is 318 g/mol. The van der Waals surface area contributed by atoms with Gasteiger partial charge < -0.3 is 20.5 Å². The number of aliphatic hydroxyl groups is 1. The summed E-state index contributed by atoms with van der Waals surface area (Å²) in [7, 11) is 1.59. The number of methoxy groups -OCH3 is 1. The van der Waals surface area contributed by atoms with Crippen LogP contribution in [0.15, 0.2) is 42.7 Å². The predicted octanol–water partition coefficient (Wildman–Crippen LogP) is 1.31. The molecule has 23 heavy (non-hydrogen) atoms. The van der Waals surface area contributed by atoms with E-state index in [4.69, 9.17) is 4.74 Å². The Morgan fingerprint density at radius 3 is 2.74 bits per heavy atom. The van der Waals surface area contributed by atoms with Crippen molar-refractivity contribution in [1.82, 2.24) is 20.4 Å². The molecule has 1 aromatic heterocycles. The van der Waals surface area contributed by atoms with E-state index in [1.807, 2.05) is 19.2 Å². The SMILES string of the molecule is COc1ccc(C(O)CNC(=O)NC(C)Cn2cccn2)cc1. The molecule has 124 valence electrons. The second-order valence-electron chi connectivity index (χ2n) is 5.27. The number of hydrogen-bond acceptors (Lipinski definition) is 4. The lowest BCUT2D eigenvalue weighted by Crippen LogP contribution is -2.43. The van der Waals surface area contributed by atoms with Crippen LogP contribution in [-0.2, 0) is 6.54 Å². The van der Waals surface area contributed by atoms with Crippen molar-refractivity contribution in [1.29, 1.82) is 0 Å². The van der Waals surface area contributed by atoms with E-state index in [1.165, 1.54) is 0 Å². The van der Waals surface area contributed by atoms with Crippen molar-refractivity contribution in [2.75, 3.05) is 13.7 Å². The van der Waals surface area contributed by atoms with Crippen LogP contribution >= 0.6 is 0 Å². The second kappa shape index (κ2) is 8.19. The summed E-state index contributed by atoms with van der Waals surface area (Å²) in [5.41, 5.74) is 0.718. The zero-order valence-electron chi connectivity index (χ0n) is 13.3. The van der Waals surface area contributed by atoms with Gasteiger partial charge in [-0.15, -0.1) is 0 Å². The summed E-state index contributed by atoms with van der Waals surface area (Å²) < 4.78 is 6.81. The standard InChI is InChI=1S/C16H22N4O3/c1-12(11-20-9-3-8-18-20)19-16(22)17-10-15(21)13-4-6-14(23-2)7-5-13/h3-9,12,15,21H,10-11H2,1-2H3,(H2,17,19,22). The van der Waals surface area contributed by atoms with Gasteiger partial charge in [0.2, 0.25) is 0 Å². The maximum atomic E-state index is 11.8. The highest BCUT2D eigenvalue weighted by molar-refractivity contribution is 5.74. The molecule has 7 heteroatoms. The highest BCUT2D eigenvalue weighted by atomic mass is 16.5. The van der Waals surface area contributed by atoms with Gasteiger partial charge in [-0.25, -0.2) is 4.79 Å². The second-order valence-corrected chi connectivity index (χ2v) is 5.27. The normalized spacial score (nSPS) is 13.2. The molecule has 0 fully saturated rings. The van der Waals surface area contributed by atoms with Crippen LogP contribution < -0.4 is 15.4 Å². The molecule has 0 saturated heterocycles. The minimum Gasteiger partial charge on any atom is -0.497 e. The number of hydrogen-bond donors (Lipinski definition) is 3. The molecule has 2 rings (SSSR count). The van der Waals surface area contributed by atoms with Crippen molar-refractivity contribution >= 4 is 6.03 Å². The van der Waals surface area contributed by atoms with E-state index in [0.717, 1.165) is 11.3 Å². The van der Waals surface area contributed by atoms with Gasteiger partial charge in [0.15, 0.2) is 0 Å². The number of carbonyl (C=O) groups excluding carboxylic acids is 1. The number of nitrogens with zero attached hydrogens (tertiary/aromatic N) is 2. The molecule has 2 aromatic rings. The Hall–Kier alpha value is -2.54. The molecule has 1 heterocycles. The number of urea groups is 1. The zero-order valence-corrected chi connectivity index (χ0v) is 13.3. The maximum absolute atomic E-state index is 11.8. The number of amides is 2. The molecule has 0 aliphatic heterocycles. The Balaban J connectivity index is 1.74. The summed E-state index contributed by atoms with van der Waals surface area (Å²) in [6.07, 6.45) is 2.76. The number of benzene rings is 1. The van der Waals surface area contributed by atoms with Gasteiger partial charge in [0.1, 0.15) is 5.75 Å². The molecule has 0 aliphatic carbocycles. The third-order valence-electron chi connectivity index (χ3n) is 3.35. The summed E-state index contributed by atoms with van der Waals surface area (Å²) >= 11 is 0. The molecule has 7 nitrogen and oxygen atoms in total. The molecule has 0 aliphatic rings. The monoisotopic (exact) mass is 318 g/mol. The fourth-order valence-electron chi connectivity index (χ4n) is 2.14. The maximum Gasteiger partial charge on any atom is 0.315 e. The van der Waals surface area contributed by atoms with Gasteiger partial charge in [-0.05, 0) is 30.7 Å². The third-order valence-corrected chi connectivity index (χ3v) is 3.35. The van der Waals surface area contributed by atoms with E-state index in [1.54, 1.807) is 42.3 Å². The van der Waals surface area contributed by atoms with Gasteiger partial charge in [0, 0.05) is 25.0 Å². The molecular formula is C16H22N4O3. The number of aliphatic hydroxyl groups excluding tert-OH is 1. The quantitative estimate of drug-likeness (QED) is 0.718. The smallest absolute Gasteiger partial charge is 0.315 e. The minimum absolute atomic E-state index is 0.0759. The highest BCUT2D eigenvalue weighted by Crippen LogP contribution is 2.16. The molecule has 2 unspecified atom stereocenters. The first kappa shape index (κ1) is 16.8. The van der Waals surface area contributed by atoms with E-state index < -0.39 is 6.10 Å². The summed E-state index contributed by atoms with van der Waals surface area (Å²) in [6.45, 7) is 2.61. The Labute approximate surface area is 135 Å². The van der Waals surface area contributed by atoms with Crippen LogP contribution in [0.2, 0.25) is 0 Å². The van der Waals surface area contributed by atoms with Crippen molar-refractivity contribution in [3.63, 3.8) is 0 Å². The summed E-state index contributed by atoms with van der Waals surface area (Å²) in [6, 6.07) is 8.51. The van der Waals surface area contributed by atoms with Crippen LogP contribution in [0, 0.1) is 0 Å². The summed E-state index contributed by atoms with van der Waals surface area (Å²) in [5.74, 6) is 0.721. The number of nitrogens with one attached hydrogen (secondary N) is 2. The van der Waals surface area contributed by atoms with E-state index in [-0.39, 0.29) is 18.6 Å². The van der Waals surface area contributed by atoms with Crippen molar-refractivity contribution in [3.05, 3.63) is 48.3 Å². The van der Waals surface area contributed by atoms with Gasteiger partial charge >= 0.3 is 6.03 Å². The zero-order chi connectivity index (χ0) is 16.7. The molecule has 0 saturated carbocycles. The van der Waals surface area contributed by atoms with Gasteiger partial charge in [-0.2, -0.15) is 5.10 Å². The number of carbonyl (C=O) groups is 1. The number of aromatic nitrogens is 2. The predicted molar refractivity (Wildman–Crippen MR) is 86.2 cm³/mol. The van der Waals surface area contributed by atoms with Crippen molar-refractivity contribution in [2.24, 2.45) is 0 Å². The Kier molecular flexibility index (Phi) is 5.99. The first-order valence-corrected chi connectivity index (χ1v) is 7.42. The average Bonchev–Trinajstić information content (AvgIpc) is 3.05. The number of rotatable bonds is 7. The van der Waals surface area contributed by atoms with Crippen LogP contribution in [0.5, 0.6) is 5.75 Å². The molecule has 3 N–H and O–H groups in total. The van der Waals surface area contributed by atoms with Gasteiger partial charge in [-0.1, -0.05) is 12.1 Å². The lowest BCUT2D eigenvalue weighted by atomic mass is 10.1. The molecule has 2 amide bonds. The first-order valence-electron chi connectivity index (χ1n) is 7.42. The van der Waals surface area contributed by atoms with Crippen LogP contribution in [0.25, 0.3) is 0 Å². The highest BCUT2D eigenvalue weighted by Gasteiger charge is 2.11. The summed E-state index contributed by atoms with van der Waals surface area (Å²) in [4.78, 5) is 11.8. The first-order chi connectivity index (χ1) is 11.1. The lowest BCUT2D eigenvalue weighted by Gasteiger charge is -2.17. The van der Waals surface area contributed by atoms with E-state index in [9.17, 15) is 9.90 Å². The Morgan fingerprint density at radius 2 is 2.13 bits per heavy atom.